The van der Waals surface area contributed by atoms with Crippen LogP contribution in [-0.4, -0.2) is 23.2 Å². The lowest BCUT2D eigenvalue weighted by Crippen LogP contribution is -2.54. The molecule has 0 aliphatic heterocycles. The monoisotopic (exact) mass is 183 g/mol. The minimum atomic E-state index is -0.723. The fraction of sp³-hybridized carbons (Fsp3) is 0.700. The van der Waals surface area contributed by atoms with Crippen molar-refractivity contribution < 1.29 is 9.90 Å². The number of hydrogen-bond donors (Lipinski definition) is 2. The van der Waals surface area contributed by atoms with Gasteiger partial charge in [-0.3, -0.25) is 10.1 Å². The van der Waals surface area contributed by atoms with Gasteiger partial charge >= 0.3 is 5.97 Å². The third-order valence-electron chi connectivity index (χ3n) is 2.99. The molecular formula is C10H17NO2. The highest BCUT2D eigenvalue weighted by atomic mass is 16.4. The molecule has 0 heterocycles. The predicted octanol–water partition coefficient (Wildman–Crippen LogP) is 1.41. The Balaban J connectivity index is 2.74. The second-order valence-electron chi connectivity index (χ2n) is 3.74. The summed E-state index contributed by atoms with van der Waals surface area (Å²) in [5, 5.41) is 12.2. The molecule has 0 bridgehead atoms. The number of carbonyl (C=O) groups is 1. The molecule has 1 aliphatic carbocycles. The average Bonchev–Trinajstić information content (AvgIpc) is 2.45. The van der Waals surface area contributed by atoms with E-state index in [1.807, 2.05) is 6.92 Å². The molecular weight excluding hydrogens is 166 g/mol. The van der Waals surface area contributed by atoms with Gasteiger partial charge in [0.1, 0.15) is 5.54 Å². The molecule has 0 aromatic carbocycles. The van der Waals surface area contributed by atoms with Crippen LogP contribution in [-0.2, 0) is 4.79 Å². The molecule has 2 N–H and O–H groups in total. The molecule has 0 radical (unpaired) electrons. The molecule has 1 fully saturated rings. The van der Waals surface area contributed by atoms with Crippen LogP contribution in [0.25, 0.3) is 0 Å². The summed E-state index contributed by atoms with van der Waals surface area (Å²) in [5.41, 5.74) is -0.700. The molecule has 0 saturated heterocycles. The van der Waals surface area contributed by atoms with Crippen LogP contribution in [0.5, 0.6) is 0 Å². The first-order valence-corrected chi connectivity index (χ1v) is 4.73. The summed E-state index contributed by atoms with van der Waals surface area (Å²) in [4.78, 5) is 11.1. The van der Waals surface area contributed by atoms with Crippen LogP contribution in [0.15, 0.2) is 12.7 Å². The van der Waals surface area contributed by atoms with Gasteiger partial charge in [-0.1, -0.05) is 19.4 Å². The second-order valence-corrected chi connectivity index (χ2v) is 3.74. The van der Waals surface area contributed by atoms with E-state index in [1.165, 1.54) is 0 Å². The van der Waals surface area contributed by atoms with E-state index in [0.717, 1.165) is 19.3 Å². The largest absolute Gasteiger partial charge is 0.480 e. The maximum absolute atomic E-state index is 11.1. The summed E-state index contributed by atoms with van der Waals surface area (Å²) in [6, 6.07) is 0. The van der Waals surface area contributed by atoms with Crippen LogP contribution < -0.4 is 5.32 Å². The number of rotatable bonds is 4. The molecule has 2 atom stereocenters. The Bertz CT molecular complexity index is 215. The van der Waals surface area contributed by atoms with Crippen molar-refractivity contribution in [2.24, 2.45) is 5.92 Å². The lowest BCUT2D eigenvalue weighted by atomic mass is 9.88. The van der Waals surface area contributed by atoms with Crippen LogP contribution in [0, 0.1) is 5.92 Å². The zero-order valence-electron chi connectivity index (χ0n) is 8.05. The topological polar surface area (TPSA) is 49.3 Å². The lowest BCUT2D eigenvalue weighted by molar-refractivity contribution is -0.146. The van der Waals surface area contributed by atoms with Crippen LogP contribution in [0.1, 0.15) is 26.2 Å². The summed E-state index contributed by atoms with van der Waals surface area (Å²) in [5.74, 6) is -0.510. The van der Waals surface area contributed by atoms with Crippen molar-refractivity contribution in [3.05, 3.63) is 12.7 Å². The SMILES string of the molecule is C=CCNC1(C(=O)O)CCCC1C. The second kappa shape index (κ2) is 3.92. The number of nitrogens with one attached hydrogen (secondary N) is 1. The Hall–Kier alpha value is -0.830. The van der Waals surface area contributed by atoms with E-state index in [0.29, 0.717) is 6.54 Å². The first kappa shape index (κ1) is 10.3. The molecule has 74 valence electrons. The molecule has 13 heavy (non-hydrogen) atoms. The Morgan fingerprint density at radius 2 is 2.54 bits per heavy atom. The van der Waals surface area contributed by atoms with Crippen molar-refractivity contribution in [1.82, 2.24) is 5.32 Å². The fourth-order valence-electron chi connectivity index (χ4n) is 2.09. The zero-order chi connectivity index (χ0) is 9.90. The molecule has 3 nitrogen and oxygen atoms in total. The van der Waals surface area contributed by atoms with Crippen LogP contribution in [0.3, 0.4) is 0 Å². The third-order valence-corrected chi connectivity index (χ3v) is 2.99. The summed E-state index contributed by atoms with van der Waals surface area (Å²) in [7, 11) is 0. The van der Waals surface area contributed by atoms with E-state index in [2.05, 4.69) is 11.9 Å². The molecule has 1 rings (SSSR count). The smallest absolute Gasteiger partial charge is 0.324 e. The van der Waals surface area contributed by atoms with E-state index in [1.54, 1.807) is 6.08 Å². The van der Waals surface area contributed by atoms with Crippen LogP contribution >= 0.6 is 0 Å². The maximum Gasteiger partial charge on any atom is 0.324 e. The zero-order valence-corrected chi connectivity index (χ0v) is 8.05. The Morgan fingerprint density at radius 1 is 1.85 bits per heavy atom. The Labute approximate surface area is 78.8 Å². The van der Waals surface area contributed by atoms with Gasteiger partial charge in [-0.2, -0.15) is 0 Å². The first-order valence-electron chi connectivity index (χ1n) is 4.73. The number of carboxylic acid groups (broad SMARTS) is 1. The Morgan fingerprint density at radius 3 is 2.92 bits per heavy atom. The van der Waals surface area contributed by atoms with Crippen molar-refractivity contribution in [2.75, 3.05) is 6.54 Å². The number of hydrogen-bond acceptors (Lipinski definition) is 2. The van der Waals surface area contributed by atoms with Gasteiger partial charge in [-0.25, -0.2) is 0 Å². The van der Waals surface area contributed by atoms with Gasteiger partial charge < -0.3 is 5.11 Å². The summed E-state index contributed by atoms with van der Waals surface area (Å²) < 4.78 is 0. The number of aliphatic carboxylic acids is 1. The molecule has 3 heteroatoms. The fourth-order valence-corrected chi connectivity index (χ4v) is 2.09. The van der Waals surface area contributed by atoms with Gasteiger partial charge in [-0.05, 0) is 18.8 Å². The normalized spacial score (nSPS) is 33.2. The van der Waals surface area contributed by atoms with E-state index in [4.69, 9.17) is 5.11 Å². The van der Waals surface area contributed by atoms with Crippen molar-refractivity contribution >= 4 is 5.97 Å². The standard InChI is InChI=1S/C10H17NO2/c1-3-7-11-10(9(12)13)6-4-5-8(10)2/h3,8,11H,1,4-7H2,2H3,(H,12,13). The summed E-state index contributed by atoms with van der Waals surface area (Å²) >= 11 is 0. The third kappa shape index (κ3) is 1.75. The molecule has 0 aromatic rings. The van der Waals surface area contributed by atoms with E-state index in [9.17, 15) is 4.79 Å². The van der Waals surface area contributed by atoms with Crippen LogP contribution in [0.2, 0.25) is 0 Å². The van der Waals surface area contributed by atoms with Gasteiger partial charge in [0.25, 0.3) is 0 Å². The average molecular weight is 183 g/mol. The Kier molecular flexibility index (Phi) is 3.09. The van der Waals surface area contributed by atoms with Gasteiger partial charge in [-0.15, -0.1) is 6.58 Å². The maximum atomic E-state index is 11.1. The molecule has 0 spiro atoms. The van der Waals surface area contributed by atoms with E-state index in [-0.39, 0.29) is 5.92 Å². The highest BCUT2D eigenvalue weighted by Gasteiger charge is 2.46. The van der Waals surface area contributed by atoms with E-state index >= 15 is 0 Å². The molecule has 0 amide bonds. The highest BCUT2D eigenvalue weighted by Crippen LogP contribution is 2.35. The van der Waals surface area contributed by atoms with Crippen molar-refractivity contribution in [3.63, 3.8) is 0 Å². The predicted molar refractivity (Wildman–Crippen MR) is 51.6 cm³/mol. The molecule has 2 unspecified atom stereocenters. The molecule has 0 aromatic heterocycles. The van der Waals surface area contributed by atoms with Gasteiger partial charge in [0.2, 0.25) is 0 Å². The summed E-state index contributed by atoms with van der Waals surface area (Å²) in [6.07, 6.45) is 4.43. The van der Waals surface area contributed by atoms with Gasteiger partial charge in [0, 0.05) is 6.54 Å². The van der Waals surface area contributed by atoms with Crippen molar-refractivity contribution in [2.45, 2.75) is 31.7 Å². The molecule has 1 aliphatic rings. The lowest BCUT2D eigenvalue weighted by Gasteiger charge is -2.29. The van der Waals surface area contributed by atoms with Gasteiger partial charge in [0.05, 0.1) is 0 Å². The summed E-state index contributed by atoms with van der Waals surface area (Å²) in [6.45, 7) is 6.15. The number of carboxylic acids is 1. The first-order chi connectivity index (χ1) is 6.13. The van der Waals surface area contributed by atoms with E-state index < -0.39 is 11.5 Å². The van der Waals surface area contributed by atoms with Gasteiger partial charge in [0.15, 0.2) is 0 Å². The van der Waals surface area contributed by atoms with Crippen molar-refractivity contribution in [3.8, 4) is 0 Å². The van der Waals surface area contributed by atoms with Crippen molar-refractivity contribution in [1.29, 1.82) is 0 Å². The highest BCUT2D eigenvalue weighted by molar-refractivity contribution is 5.79. The molecule has 1 saturated carbocycles. The minimum absolute atomic E-state index is 0.213. The quantitative estimate of drug-likeness (QED) is 0.648. The van der Waals surface area contributed by atoms with Crippen LogP contribution in [0.4, 0.5) is 0 Å². The minimum Gasteiger partial charge on any atom is -0.480 e.